The van der Waals surface area contributed by atoms with Gasteiger partial charge in [0.2, 0.25) is 0 Å². The largest absolute Gasteiger partial charge is 0.383 e. The number of rotatable bonds is 24. The van der Waals surface area contributed by atoms with Gasteiger partial charge in [-0.3, -0.25) is 44.7 Å². The summed E-state index contributed by atoms with van der Waals surface area (Å²) < 4.78 is 68.5. The third-order valence-corrected chi connectivity index (χ3v) is 21.8. The number of para-hydroxylation sites is 3. The summed E-state index contributed by atoms with van der Waals surface area (Å²) in [5, 5.41) is 46.3. The van der Waals surface area contributed by atoms with Crippen LogP contribution in [0, 0.1) is 38.2 Å². The maximum atomic E-state index is 14.3. The van der Waals surface area contributed by atoms with Crippen molar-refractivity contribution in [3.63, 3.8) is 0 Å². The lowest BCUT2D eigenvalue weighted by Gasteiger charge is -2.21. The fourth-order valence-corrected chi connectivity index (χ4v) is 15.7. The standard InChI is InChI=1S/3C28H31ClFN7O2/c1-18-26(20-14-31-35(2)15-20)34-37(23-7-5-4-6-8-23)27(18)33-28(38)32-25-17-36(9-10-39-3)16-24(25)19-11-21(29)13-22(30)12-19;1-18-26(20-14-31-35(2)15-20)34-37(21-7-5-4-6-8-21)27(18)33-28(38)32-25-17-36(11-12-39-3)16-22(25)19-9-10-24(30)23(29)13-19;1-18-26(20-14-31-35(2)15-20)34-37(21-7-5-4-6-8-21)27(18)33-28(38)32-25-17-36(11-12-39-3)16-22(25)19-9-10-23(29)24(30)13-19/h4-8,11-15,24-25H,9-10,16-17H2,1-3H3,(H2,32,33,38);2*4-10,13-15,22,25H,11-12,16-17H2,1-3H3,(H2,32,33,38)/t24?,25-;2*22?,25-/m111/s1. The molecule has 6 aromatic heterocycles. The van der Waals surface area contributed by atoms with E-state index in [0.29, 0.717) is 94.7 Å². The summed E-state index contributed by atoms with van der Waals surface area (Å²) in [6, 6.07) is 41.1. The van der Waals surface area contributed by atoms with Crippen molar-refractivity contribution in [2.24, 2.45) is 21.1 Å². The molecule has 3 unspecified atom stereocenters. The third-order valence-electron chi connectivity index (χ3n) is 21.0. The molecule has 0 saturated carbocycles. The van der Waals surface area contributed by atoms with E-state index in [1.807, 2.05) is 158 Å². The minimum atomic E-state index is -0.474. The van der Waals surface area contributed by atoms with Crippen LogP contribution in [0.15, 0.2) is 183 Å². The molecule has 6 amide bonds. The van der Waals surface area contributed by atoms with Crippen LogP contribution in [0.1, 0.15) is 51.1 Å². The SMILES string of the molecule is COCCN1CC(c2cc(F)cc(Cl)c2)[C@H](NC(=O)Nc2c(C)c(-c3cnn(C)c3)nn2-c2ccccc2)C1.COCCN1CC(c2ccc(Cl)c(F)c2)[C@H](NC(=O)Nc2c(C)c(-c3cnn(C)c3)nn2-c2ccccc2)C1.COCCN1CC(c2ccc(F)c(Cl)c2)[C@H](NC(=O)Nc2c(C)c(-c3cnn(C)c3)nn2-c2ccccc2)C1. The molecule has 33 heteroatoms. The van der Waals surface area contributed by atoms with E-state index < -0.39 is 17.5 Å². The number of urea groups is 3. The van der Waals surface area contributed by atoms with Gasteiger partial charge in [-0.1, -0.05) is 102 Å². The maximum absolute atomic E-state index is 14.3. The first kappa shape index (κ1) is 83.7. The van der Waals surface area contributed by atoms with Crippen LogP contribution in [0.5, 0.6) is 0 Å². The molecule has 15 rings (SSSR count). The smallest absolute Gasteiger partial charge is 0.320 e. The van der Waals surface area contributed by atoms with Crippen molar-refractivity contribution < 1.29 is 41.8 Å². The number of benzene rings is 6. The molecule has 6 aromatic carbocycles. The average Bonchev–Trinajstić information content (AvgIpc) is 1.64. The summed E-state index contributed by atoms with van der Waals surface area (Å²) in [5.41, 5.74) is 12.0. The summed E-state index contributed by atoms with van der Waals surface area (Å²) in [6.45, 7) is 13.4. The number of aryl methyl sites for hydroxylation is 3. The predicted octanol–water partition coefficient (Wildman–Crippen LogP) is 13.8. The molecule has 612 valence electrons. The summed E-state index contributed by atoms with van der Waals surface area (Å²) in [7, 11) is 10.5. The molecular formula is C84H93Cl3F3N21O6. The van der Waals surface area contributed by atoms with Crippen LogP contribution in [-0.4, -0.2) is 210 Å². The molecule has 12 aromatic rings. The Balaban J connectivity index is 0.000000152. The van der Waals surface area contributed by atoms with Crippen LogP contribution in [0.2, 0.25) is 15.1 Å². The normalized spacial score (nSPS) is 17.5. The Morgan fingerprint density at radius 2 is 0.769 bits per heavy atom. The molecular weight excluding hydrogens is 1560 g/mol. The summed E-state index contributed by atoms with van der Waals surface area (Å²) in [6.07, 6.45) is 10.9. The highest BCUT2D eigenvalue weighted by molar-refractivity contribution is 6.31. The summed E-state index contributed by atoms with van der Waals surface area (Å²) in [5.74, 6) is -0.00862. The Bertz CT molecular complexity index is 5170. The van der Waals surface area contributed by atoms with Gasteiger partial charge in [-0.05, 0) is 116 Å². The molecule has 3 saturated heterocycles. The van der Waals surface area contributed by atoms with Gasteiger partial charge in [0.1, 0.15) is 52.0 Å². The molecule has 0 bridgehead atoms. The maximum Gasteiger partial charge on any atom is 0.320 e. The number of aromatic nitrogens is 12. The number of carbonyl (C=O) groups is 3. The number of hydrogen-bond acceptors (Lipinski definition) is 15. The topological polar surface area (TPSA) is 268 Å². The van der Waals surface area contributed by atoms with Gasteiger partial charge in [-0.15, -0.1) is 0 Å². The van der Waals surface area contributed by atoms with Crippen LogP contribution >= 0.6 is 34.8 Å². The van der Waals surface area contributed by atoms with E-state index in [0.717, 1.165) is 90.8 Å². The molecule has 3 aliphatic heterocycles. The Morgan fingerprint density at radius 1 is 0.419 bits per heavy atom. The highest BCUT2D eigenvalue weighted by Gasteiger charge is 2.39. The van der Waals surface area contributed by atoms with Crippen molar-refractivity contribution in [3.8, 4) is 50.8 Å². The van der Waals surface area contributed by atoms with Gasteiger partial charge >= 0.3 is 18.1 Å². The third kappa shape index (κ3) is 20.3. The van der Waals surface area contributed by atoms with Gasteiger partial charge in [0, 0.05) is 176 Å². The Hall–Kier alpha value is -11.2. The van der Waals surface area contributed by atoms with Crippen LogP contribution in [0.4, 0.5) is 45.0 Å². The molecule has 3 aliphatic rings. The fraction of sp³-hybridized carbons (Fsp3) is 0.321. The molecule has 6 atom stereocenters. The van der Waals surface area contributed by atoms with Crippen molar-refractivity contribution in [2.45, 2.75) is 56.7 Å². The molecule has 0 spiro atoms. The Kier molecular flexibility index (Phi) is 27.4. The second-order valence-electron chi connectivity index (χ2n) is 29.2. The minimum absolute atomic E-state index is 0.0661. The highest BCUT2D eigenvalue weighted by Crippen LogP contribution is 2.38. The first-order valence-electron chi connectivity index (χ1n) is 38.1. The van der Waals surface area contributed by atoms with E-state index in [2.05, 4.69) is 61.9 Å². The number of nitrogens with zero attached hydrogens (tertiary/aromatic N) is 15. The lowest BCUT2D eigenvalue weighted by molar-refractivity contribution is 0.159. The van der Waals surface area contributed by atoms with Crippen molar-refractivity contribution in [1.29, 1.82) is 0 Å². The summed E-state index contributed by atoms with van der Waals surface area (Å²) >= 11 is 18.2. The predicted molar refractivity (Wildman–Crippen MR) is 447 cm³/mol. The summed E-state index contributed by atoms with van der Waals surface area (Å²) in [4.78, 5) is 47.0. The van der Waals surface area contributed by atoms with Crippen molar-refractivity contribution in [2.75, 3.05) is 116 Å². The average molecular weight is 1660 g/mol. The molecule has 0 radical (unpaired) electrons. The van der Waals surface area contributed by atoms with E-state index in [1.165, 1.54) is 24.3 Å². The number of halogens is 6. The van der Waals surface area contributed by atoms with Gasteiger partial charge in [0.05, 0.1) is 83.6 Å². The van der Waals surface area contributed by atoms with Gasteiger partial charge in [-0.2, -0.15) is 30.6 Å². The molecule has 0 aliphatic carbocycles. The van der Waals surface area contributed by atoms with Crippen molar-refractivity contribution >= 4 is 70.3 Å². The lowest BCUT2D eigenvalue weighted by atomic mass is 9.94. The van der Waals surface area contributed by atoms with Crippen LogP contribution in [0.25, 0.3) is 50.8 Å². The number of ether oxygens (including phenoxy) is 3. The molecule has 9 heterocycles. The number of amides is 6. The quantitative estimate of drug-likeness (QED) is 0.0328. The highest BCUT2D eigenvalue weighted by atomic mass is 35.5. The monoisotopic (exact) mass is 1650 g/mol. The number of carbonyl (C=O) groups excluding carboxylic acids is 3. The lowest BCUT2D eigenvalue weighted by Crippen LogP contribution is -2.42. The second kappa shape index (κ2) is 38.3. The van der Waals surface area contributed by atoms with Crippen LogP contribution < -0.4 is 31.9 Å². The van der Waals surface area contributed by atoms with E-state index >= 15 is 0 Å². The zero-order valence-corrected chi connectivity index (χ0v) is 68.5. The Morgan fingerprint density at radius 3 is 1.09 bits per heavy atom. The van der Waals surface area contributed by atoms with Gasteiger partial charge < -0.3 is 30.2 Å². The van der Waals surface area contributed by atoms with Crippen LogP contribution in [0.3, 0.4) is 0 Å². The first-order valence-corrected chi connectivity index (χ1v) is 39.3. The first-order chi connectivity index (χ1) is 56.5. The molecule has 6 N–H and O–H groups in total. The van der Waals surface area contributed by atoms with Gasteiger partial charge in [0.25, 0.3) is 0 Å². The van der Waals surface area contributed by atoms with Crippen molar-refractivity contribution in [3.05, 3.63) is 249 Å². The number of hydrogen-bond donors (Lipinski definition) is 6. The van der Waals surface area contributed by atoms with Gasteiger partial charge in [-0.25, -0.2) is 41.6 Å². The number of methoxy groups -OCH3 is 3. The van der Waals surface area contributed by atoms with E-state index in [-0.39, 0.29) is 64.0 Å². The molecule has 117 heavy (non-hydrogen) atoms. The van der Waals surface area contributed by atoms with E-state index in [1.54, 1.807) is 92.3 Å². The Labute approximate surface area is 690 Å². The van der Waals surface area contributed by atoms with E-state index in [9.17, 15) is 27.6 Å². The number of anilines is 3. The van der Waals surface area contributed by atoms with Gasteiger partial charge in [0.15, 0.2) is 0 Å². The van der Waals surface area contributed by atoms with Crippen LogP contribution in [-0.2, 0) is 35.4 Å². The second-order valence-corrected chi connectivity index (χ2v) is 30.4. The fourth-order valence-electron chi connectivity index (χ4n) is 15.2. The van der Waals surface area contributed by atoms with Crippen molar-refractivity contribution in [1.82, 2.24) is 89.3 Å². The number of nitrogens with one attached hydrogen (secondary N) is 6. The zero-order valence-electron chi connectivity index (χ0n) is 66.2. The zero-order chi connectivity index (χ0) is 82.6. The molecule has 3 fully saturated rings. The number of likely N-dealkylation sites (tertiary alicyclic amines) is 3. The minimum Gasteiger partial charge on any atom is -0.383 e. The molecule has 27 nitrogen and oxygen atoms in total. The van der Waals surface area contributed by atoms with E-state index in [4.69, 9.17) is 64.3 Å².